The average Bonchev–Trinajstić information content (AvgIpc) is 2.96. The lowest BCUT2D eigenvalue weighted by molar-refractivity contribution is -0.139. The first kappa shape index (κ1) is 18.7. The summed E-state index contributed by atoms with van der Waals surface area (Å²) in [5.41, 5.74) is 3.66. The van der Waals surface area contributed by atoms with Crippen molar-refractivity contribution in [3.8, 4) is 0 Å². The highest BCUT2D eigenvalue weighted by molar-refractivity contribution is 6.00. The van der Waals surface area contributed by atoms with Gasteiger partial charge >= 0.3 is 11.9 Å². The molecule has 5 nitrogen and oxygen atoms in total. The summed E-state index contributed by atoms with van der Waals surface area (Å²) in [6.45, 7) is 4.69. The van der Waals surface area contributed by atoms with Gasteiger partial charge < -0.3 is 14.4 Å². The maximum Gasteiger partial charge on any atom is 0.352 e. The zero-order valence-electron chi connectivity index (χ0n) is 15.7. The van der Waals surface area contributed by atoms with Crippen LogP contribution in [0.2, 0.25) is 0 Å². The molecule has 0 aliphatic heterocycles. The van der Waals surface area contributed by atoms with E-state index < -0.39 is 11.9 Å². The molecule has 1 N–H and O–H groups in total. The van der Waals surface area contributed by atoms with E-state index in [-0.39, 0.29) is 12.1 Å². The van der Waals surface area contributed by atoms with Crippen molar-refractivity contribution >= 4 is 22.8 Å². The Labute approximate surface area is 158 Å². The summed E-state index contributed by atoms with van der Waals surface area (Å²) in [7, 11) is 1.30. The molecule has 27 heavy (non-hydrogen) atoms. The molecule has 0 aliphatic carbocycles. The summed E-state index contributed by atoms with van der Waals surface area (Å²) < 4.78 is 6.52. The van der Waals surface area contributed by atoms with Crippen LogP contribution in [0.3, 0.4) is 0 Å². The predicted molar refractivity (Wildman–Crippen MR) is 104 cm³/mol. The second-order valence-corrected chi connectivity index (χ2v) is 6.88. The second-order valence-electron chi connectivity index (χ2n) is 6.88. The fourth-order valence-electron chi connectivity index (χ4n) is 3.37. The molecule has 0 amide bonds. The van der Waals surface area contributed by atoms with E-state index >= 15 is 0 Å². The summed E-state index contributed by atoms with van der Waals surface area (Å²) >= 11 is 0. The van der Waals surface area contributed by atoms with Crippen LogP contribution in [0, 0.1) is 0 Å². The third kappa shape index (κ3) is 3.72. The van der Waals surface area contributed by atoms with E-state index in [0.717, 1.165) is 16.5 Å². The summed E-state index contributed by atoms with van der Waals surface area (Å²) in [5.74, 6) is -1.07. The van der Waals surface area contributed by atoms with E-state index in [9.17, 15) is 14.7 Å². The molecule has 0 saturated heterocycles. The number of hydrogen-bond donors (Lipinski definition) is 1. The van der Waals surface area contributed by atoms with Crippen LogP contribution in [-0.4, -0.2) is 28.7 Å². The first-order valence-corrected chi connectivity index (χ1v) is 8.91. The molecule has 0 bridgehead atoms. The summed E-state index contributed by atoms with van der Waals surface area (Å²) in [4.78, 5) is 23.9. The molecular weight excluding hydrogens is 342 g/mol. The van der Waals surface area contributed by atoms with Gasteiger partial charge in [0.05, 0.1) is 13.5 Å². The standard InChI is InChI=1S/C22H23NO4/c1-14(2)16-10-8-15(9-11-16)13-23-19-7-5-4-6-17(19)18(12-20(24)27-3)21(23)22(25)26/h4-11,14H,12-13H2,1-3H3,(H,25,26). The first-order valence-electron chi connectivity index (χ1n) is 8.91. The average molecular weight is 365 g/mol. The Morgan fingerprint density at radius 1 is 1.07 bits per heavy atom. The molecule has 3 aromatic rings. The topological polar surface area (TPSA) is 68.5 Å². The number of aromatic nitrogens is 1. The molecule has 0 unspecified atom stereocenters. The van der Waals surface area contributed by atoms with Crippen molar-refractivity contribution in [2.75, 3.05) is 7.11 Å². The Morgan fingerprint density at radius 2 is 1.74 bits per heavy atom. The van der Waals surface area contributed by atoms with E-state index in [1.807, 2.05) is 36.4 Å². The fraction of sp³-hybridized carbons (Fsp3) is 0.273. The van der Waals surface area contributed by atoms with Gasteiger partial charge in [0.2, 0.25) is 0 Å². The number of rotatable bonds is 6. The van der Waals surface area contributed by atoms with Crippen LogP contribution in [0.4, 0.5) is 0 Å². The Hall–Kier alpha value is -3.08. The number of nitrogens with zero attached hydrogens (tertiary/aromatic N) is 1. The number of aromatic carboxylic acids is 1. The molecule has 0 atom stereocenters. The Balaban J connectivity index is 2.12. The van der Waals surface area contributed by atoms with Crippen LogP contribution in [-0.2, 0) is 22.5 Å². The van der Waals surface area contributed by atoms with E-state index in [1.54, 1.807) is 4.57 Å². The Bertz CT molecular complexity index is 983. The highest BCUT2D eigenvalue weighted by Gasteiger charge is 2.24. The number of para-hydroxylation sites is 1. The van der Waals surface area contributed by atoms with E-state index in [4.69, 9.17) is 4.74 Å². The molecule has 1 aromatic heterocycles. The summed E-state index contributed by atoms with van der Waals surface area (Å²) in [6.07, 6.45) is -0.0715. The van der Waals surface area contributed by atoms with Crippen LogP contribution >= 0.6 is 0 Å². The van der Waals surface area contributed by atoms with Crippen LogP contribution < -0.4 is 0 Å². The van der Waals surface area contributed by atoms with Crippen molar-refractivity contribution in [1.29, 1.82) is 0 Å². The van der Waals surface area contributed by atoms with Crippen LogP contribution in [0.5, 0.6) is 0 Å². The van der Waals surface area contributed by atoms with Crippen molar-refractivity contribution < 1.29 is 19.4 Å². The van der Waals surface area contributed by atoms with Crippen molar-refractivity contribution in [3.63, 3.8) is 0 Å². The highest BCUT2D eigenvalue weighted by atomic mass is 16.5. The second kappa shape index (κ2) is 7.66. The molecule has 140 valence electrons. The Kier molecular flexibility index (Phi) is 5.31. The quantitative estimate of drug-likeness (QED) is 0.664. The molecule has 0 aliphatic rings. The Morgan fingerprint density at radius 3 is 2.33 bits per heavy atom. The largest absolute Gasteiger partial charge is 0.477 e. The normalized spacial score (nSPS) is 11.1. The van der Waals surface area contributed by atoms with Gasteiger partial charge in [0, 0.05) is 23.0 Å². The summed E-state index contributed by atoms with van der Waals surface area (Å²) in [6, 6.07) is 15.6. The van der Waals surface area contributed by atoms with Crippen molar-refractivity contribution in [2.45, 2.75) is 32.7 Å². The van der Waals surface area contributed by atoms with Gasteiger partial charge in [-0.05, 0) is 23.1 Å². The van der Waals surface area contributed by atoms with Crippen LogP contribution in [0.1, 0.15) is 46.9 Å². The number of carboxylic acid groups (broad SMARTS) is 1. The maximum atomic E-state index is 12.0. The van der Waals surface area contributed by atoms with Gasteiger partial charge in [-0.2, -0.15) is 0 Å². The number of methoxy groups -OCH3 is 1. The SMILES string of the molecule is COC(=O)Cc1c(C(=O)O)n(Cc2ccc(C(C)C)cc2)c2ccccc12. The van der Waals surface area contributed by atoms with Gasteiger partial charge in [0.25, 0.3) is 0 Å². The van der Waals surface area contributed by atoms with Gasteiger partial charge in [0.1, 0.15) is 5.69 Å². The smallest absolute Gasteiger partial charge is 0.352 e. The van der Waals surface area contributed by atoms with Gasteiger partial charge in [-0.15, -0.1) is 0 Å². The molecule has 0 spiro atoms. The molecule has 3 rings (SSSR count). The lowest BCUT2D eigenvalue weighted by Crippen LogP contribution is -2.14. The number of fused-ring (bicyclic) bond motifs is 1. The van der Waals surface area contributed by atoms with E-state index in [0.29, 0.717) is 18.0 Å². The zero-order valence-corrected chi connectivity index (χ0v) is 15.7. The molecule has 1 heterocycles. The molecule has 0 radical (unpaired) electrons. The van der Waals surface area contributed by atoms with Gasteiger partial charge in [-0.1, -0.05) is 56.3 Å². The van der Waals surface area contributed by atoms with Crippen LogP contribution in [0.25, 0.3) is 10.9 Å². The molecule has 0 saturated carbocycles. The van der Waals surface area contributed by atoms with E-state index in [1.165, 1.54) is 12.7 Å². The number of benzene rings is 2. The molecular formula is C22H23NO4. The fourth-order valence-corrected chi connectivity index (χ4v) is 3.37. The van der Waals surface area contributed by atoms with Crippen molar-refractivity contribution in [3.05, 3.63) is 70.9 Å². The molecule has 0 fully saturated rings. The minimum atomic E-state index is -1.05. The predicted octanol–water partition coefficient (Wildman–Crippen LogP) is 4.23. The number of ether oxygens (including phenoxy) is 1. The molecule has 2 aromatic carbocycles. The van der Waals surface area contributed by atoms with Gasteiger partial charge in [0.15, 0.2) is 0 Å². The number of carbonyl (C=O) groups is 2. The molecule has 5 heteroatoms. The number of carbonyl (C=O) groups excluding carboxylic acids is 1. The zero-order chi connectivity index (χ0) is 19.6. The number of carboxylic acids is 1. The lowest BCUT2D eigenvalue weighted by atomic mass is 10.0. The maximum absolute atomic E-state index is 12.0. The number of hydrogen-bond acceptors (Lipinski definition) is 3. The number of esters is 1. The lowest BCUT2D eigenvalue weighted by Gasteiger charge is -2.11. The van der Waals surface area contributed by atoms with Crippen molar-refractivity contribution in [2.24, 2.45) is 0 Å². The minimum Gasteiger partial charge on any atom is -0.477 e. The minimum absolute atomic E-state index is 0.0715. The third-order valence-corrected chi connectivity index (χ3v) is 4.81. The van der Waals surface area contributed by atoms with Gasteiger partial charge in [-0.3, -0.25) is 4.79 Å². The van der Waals surface area contributed by atoms with Gasteiger partial charge in [-0.25, -0.2) is 4.79 Å². The monoisotopic (exact) mass is 365 g/mol. The highest BCUT2D eigenvalue weighted by Crippen LogP contribution is 2.28. The van der Waals surface area contributed by atoms with Crippen molar-refractivity contribution in [1.82, 2.24) is 4.57 Å². The first-order chi connectivity index (χ1) is 12.9. The van der Waals surface area contributed by atoms with E-state index in [2.05, 4.69) is 26.0 Å². The summed E-state index contributed by atoms with van der Waals surface area (Å²) in [5, 5.41) is 10.6. The third-order valence-electron chi connectivity index (χ3n) is 4.81. The van der Waals surface area contributed by atoms with Crippen LogP contribution in [0.15, 0.2) is 48.5 Å².